The number of nitrogens with one attached hydrogen (secondary N) is 2. The zero-order chi connectivity index (χ0) is 44.3. The summed E-state index contributed by atoms with van der Waals surface area (Å²) in [6, 6.07) is 4.20. The first-order valence-corrected chi connectivity index (χ1v) is 22.2. The molecule has 1 aromatic rings. The Bertz CT molecular complexity index is 1530. The van der Waals surface area contributed by atoms with E-state index in [-0.39, 0.29) is 65.1 Å². The van der Waals surface area contributed by atoms with Crippen molar-refractivity contribution in [3.8, 4) is 5.75 Å². The second-order valence-electron chi connectivity index (χ2n) is 17.6. The van der Waals surface area contributed by atoms with Crippen LogP contribution in [0.3, 0.4) is 0 Å². The number of ether oxygens (including phenoxy) is 2. The number of phosphoric ester groups is 1. The predicted molar refractivity (Wildman–Crippen MR) is 225 cm³/mol. The van der Waals surface area contributed by atoms with Crippen LogP contribution in [-0.2, 0) is 39.6 Å². The van der Waals surface area contributed by atoms with Gasteiger partial charge in [-0.15, -0.1) is 0 Å². The molecule has 58 heavy (non-hydrogen) atoms. The number of likely N-dealkylation sites (tertiary alicyclic amines) is 1. The zero-order valence-electron chi connectivity index (χ0n) is 37.5. The minimum absolute atomic E-state index is 0.00399. The van der Waals surface area contributed by atoms with E-state index in [1.807, 2.05) is 53.5 Å². The van der Waals surface area contributed by atoms with Gasteiger partial charge in [0.25, 0.3) is 0 Å². The lowest BCUT2D eigenvalue weighted by atomic mass is 9.89. The van der Waals surface area contributed by atoms with E-state index < -0.39 is 44.1 Å². The molecule has 0 aliphatic carbocycles. The van der Waals surface area contributed by atoms with Gasteiger partial charge >= 0.3 is 7.82 Å². The molecule has 1 heterocycles. The number of benzene rings is 1. The Morgan fingerprint density at radius 3 is 2.03 bits per heavy atom. The van der Waals surface area contributed by atoms with Crippen LogP contribution in [-0.4, -0.2) is 131 Å². The molecule has 0 spiro atoms. The molecule has 8 atom stereocenters. The average molecular weight is 840 g/mol. The molecule has 0 saturated carbocycles. The molecular weight excluding hydrogens is 765 g/mol. The summed E-state index contributed by atoms with van der Waals surface area (Å²) in [5.74, 6) is -1.60. The molecular formula is C42H74N5O10P. The molecule has 1 aliphatic rings. The van der Waals surface area contributed by atoms with Crippen LogP contribution in [0, 0.1) is 23.7 Å². The van der Waals surface area contributed by atoms with E-state index in [9.17, 15) is 23.7 Å². The van der Waals surface area contributed by atoms with Gasteiger partial charge in [0.15, 0.2) is 0 Å². The first kappa shape index (κ1) is 51.1. The summed E-state index contributed by atoms with van der Waals surface area (Å²) >= 11 is 0. The van der Waals surface area contributed by atoms with Crippen molar-refractivity contribution in [2.75, 3.05) is 41.4 Å². The maximum atomic E-state index is 14.4. The number of methoxy groups -OCH3 is 2. The minimum Gasteiger partial charge on any atom is -0.404 e. The van der Waals surface area contributed by atoms with E-state index in [0.717, 1.165) is 18.4 Å². The Morgan fingerprint density at radius 1 is 0.948 bits per heavy atom. The summed E-state index contributed by atoms with van der Waals surface area (Å²) in [5, 5.41) is 6.05. The van der Waals surface area contributed by atoms with Crippen molar-refractivity contribution in [1.82, 2.24) is 25.3 Å². The molecule has 1 fully saturated rings. The summed E-state index contributed by atoms with van der Waals surface area (Å²) in [6.07, 6.45) is 1.40. The van der Waals surface area contributed by atoms with Gasteiger partial charge in [-0.25, -0.2) is 4.57 Å². The lowest BCUT2D eigenvalue weighted by Crippen LogP contribution is -2.61. The number of hydrogen-bond donors (Lipinski definition) is 4. The summed E-state index contributed by atoms with van der Waals surface area (Å²) in [7, 11) is 2.10. The Hall–Kier alpha value is -3.07. The second kappa shape index (κ2) is 22.5. The highest BCUT2D eigenvalue weighted by molar-refractivity contribution is 7.46. The maximum Gasteiger partial charge on any atom is 0.524 e. The standard InChI is InChI=1S/C42H74N5O10P/c1-15-28(6)37(45(11)41(51)35(26(2)3)44-40(50)36(27(4)5)46(12)42(8,9)10)33(55-13)25-34(48)47-24-16-17-32(47)38(56-14)29(7)39(49)43-23-22-30-18-20-31(21-19-30)57-58(52,53)54/h18-21,26-29,32-33,35-38H,15-17,22-25H2,1-14H3,(H,43,49)(H,44,50)(H2,52,53,54)/t28-,29+,32-,33+,35-,36-,37-,38+/m0/s1. The van der Waals surface area contributed by atoms with E-state index >= 15 is 0 Å². The maximum absolute atomic E-state index is 14.4. The molecule has 4 N–H and O–H groups in total. The molecule has 1 aliphatic heterocycles. The molecule has 1 aromatic carbocycles. The SMILES string of the molecule is CC[C@H](C)[C@@H]([C@@H](CC(=O)N1CCC[C@H]1[C@H](OC)[C@@H](C)C(=O)NCCc1ccc(OP(=O)(O)O)cc1)OC)N(C)C(=O)[C@@H](NC(=O)[C@H](C(C)C)N(C)C(C)(C)C)C(C)C. The van der Waals surface area contributed by atoms with Crippen LogP contribution in [0.1, 0.15) is 100 Å². The Labute approximate surface area is 347 Å². The molecule has 0 radical (unpaired) electrons. The number of phosphoric acid groups is 1. The van der Waals surface area contributed by atoms with Crippen molar-refractivity contribution in [2.45, 2.75) is 143 Å². The van der Waals surface area contributed by atoms with E-state index in [0.29, 0.717) is 25.9 Å². The topological polar surface area (TPSA) is 187 Å². The van der Waals surface area contributed by atoms with Crippen LogP contribution < -0.4 is 15.2 Å². The lowest BCUT2D eigenvalue weighted by molar-refractivity contribution is -0.148. The van der Waals surface area contributed by atoms with Crippen molar-refractivity contribution >= 4 is 31.5 Å². The second-order valence-corrected chi connectivity index (χ2v) is 18.7. The lowest BCUT2D eigenvalue weighted by Gasteiger charge is -2.42. The monoisotopic (exact) mass is 840 g/mol. The van der Waals surface area contributed by atoms with Gasteiger partial charge in [0.05, 0.1) is 42.7 Å². The summed E-state index contributed by atoms with van der Waals surface area (Å²) in [5.41, 5.74) is 0.570. The van der Waals surface area contributed by atoms with Gasteiger partial charge in [0, 0.05) is 39.9 Å². The highest BCUT2D eigenvalue weighted by Gasteiger charge is 2.43. The third-order valence-corrected chi connectivity index (χ3v) is 12.2. The number of carbonyl (C=O) groups is 4. The zero-order valence-corrected chi connectivity index (χ0v) is 38.4. The van der Waals surface area contributed by atoms with Crippen LogP contribution in [0.15, 0.2) is 24.3 Å². The summed E-state index contributed by atoms with van der Waals surface area (Å²) < 4.78 is 27.6. The third kappa shape index (κ3) is 14.3. The number of hydrogen-bond acceptors (Lipinski definition) is 9. The van der Waals surface area contributed by atoms with Crippen molar-refractivity contribution < 1.29 is 47.5 Å². The number of carbonyl (C=O) groups excluding carboxylic acids is 4. The van der Waals surface area contributed by atoms with Crippen LogP contribution >= 0.6 is 7.82 Å². The molecule has 332 valence electrons. The first-order valence-electron chi connectivity index (χ1n) is 20.7. The Balaban J connectivity index is 2.20. The molecule has 2 rings (SSSR count). The van der Waals surface area contributed by atoms with E-state index in [4.69, 9.17) is 19.3 Å². The van der Waals surface area contributed by atoms with Gasteiger partial charge < -0.3 is 34.4 Å². The summed E-state index contributed by atoms with van der Waals surface area (Å²) in [4.78, 5) is 79.4. The van der Waals surface area contributed by atoms with E-state index in [1.54, 1.807) is 50.1 Å². The fourth-order valence-electron chi connectivity index (χ4n) is 7.97. The normalized spacial score (nSPS) is 18.7. The predicted octanol–water partition coefficient (Wildman–Crippen LogP) is 4.63. The Morgan fingerprint density at radius 2 is 1.55 bits per heavy atom. The molecule has 4 amide bonds. The van der Waals surface area contributed by atoms with E-state index in [2.05, 4.69) is 35.9 Å². The highest BCUT2D eigenvalue weighted by atomic mass is 31.2. The van der Waals surface area contributed by atoms with Crippen molar-refractivity contribution in [3.63, 3.8) is 0 Å². The number of rotatable bonds is 22. The molecule has 15 nitrogen and oxygen atoms in total. The minimum atomic E-state index is -4.66. The number of amides is 4. The number of likely N-dealkylation sites (N-methyl/N-ethyl adjacent to an activating group) is 2. The molecule has 16 heteroatoms. The first-order chi connectivity index (χ1) is 26.9. The van der Waals surface area contributed by atoms with Crippen molar-refractivity contribution in [3.05, 3.63) is 29.8 Å². The van der Waals surface area contributed by atoms with Gasteiger partial charge in [-0.1, -0.05) is 67.0 Å². The quantitative estimate of drug-likeness (QED) is 0.119. The smallest absolute Gasteiger partial charge is 0.404 e. The Kier molecular flexibility index (Phi) is 19.8. The van der Waals surface area contributed by atoms with E-state index in [1.165, 1.54) is 12.1 Å². The van der Waals surface area contributed by atoms with Crippen LogP contribution in [0.4, 0.5) is 0 Å². The van der Waals surface area contributed by atoms with Gasteiger partial charge in [0.2, 0.25) is 23.6 Å². The van der Waals surface area contributed by atoms with Crippen LogP contribution in [0.25, 0.3) is 0 Å². The average Bonchev–Trinajstić information content (AvgIpc) is 3.62. The van der Waals surface area contributed by atoms with Crippen LogP contribution in [0.2, 0.25) is 0 Å². The summed E-state index contributed by atoms with van der Waals surface area (Å²) in [6.45, 7) is 20.7. The van der Waals surface area contributed by atoms with Crippen molar-refractivity contribution in [1.29, 1.82) is 0 Å². The van der Waals surface area contributed by atoms with Gasteiger partial charge in [-0.05, 0) is 82.5 Å². The van der Waals surface area contributed by atoms with Gasteiger partial charge in [0.1, 0.15) is 11.8 Å². The third-order valence-electron chi connectivity index (χ3n) is 11.7. The number of nitrogens with zero attached hydrogens (tertiary/aromatic N) is 3. The molecule has 1 saturated heterocycles. The van der Waals surface area contributed by atoms with Gasteiger partial charge in [-0.2, -0.15) is 0 Å². The van der Waals surface area contributed by atoms with Crippen LogP contribution in [0.5, 0.6) is 5.75 Å². The highest BCUT2D eigenvalue weighted by Crippen LogP contribution is 2.37. The fraction of sp³-hybridized carbons (Fsp3) is 0.762. The van der Waals surface area contributed by atoms with Crippen molar-refractivity contribution in [2.24, 2.45) is 23.7 Å². The van der Waals surface area contributed by atoms with Gasteiger partial charge in [-0.3, -0.25) is 33.9 Å². The largest absolute Gasteiger partial charge is 0.524 e. The molecule has 0 aromatic heterocycles. The molecule has 0 unspecified atom stereocenters. The fourth-order valence-corrected chi connectivity index (χ4v) is 8.36. The molecule has 0 bridgehead atoms.